The number of aliphatic imine (C=N–C) groups is 1. The largest absolute Gasteiger partial charge is 0.390 e. The van der Waals surface area contributed by atoms with E-state index in [1.165, 1.54) is 6.07 Å². The molecule has 5 heteroatoms. The molecule has 1 fully saturated rings. The van der Waals surface area contributed by atoms with E-state index in [1.807, 2.05) is 37.3 Å². The number of carbonyl (C=O) groups is 1. The number of nitrogens with zero attached hydrogens (tertiary/aromatic N) is 2. The van der Waals surface area contributed by atoms with Crippen LogP contribution in [0.1, 0.15) is 70.4 Å². The second-order valence-corrected chi connectivity index (χ2v) is 9.80. The van der Waals surface area contributed by atoms with Crippen molar-refractivity contribution in [3.63, 3.8) is 0 Å². The quantitative estimate of drug-likeness (QED) is 0.490. The van der Waals surface area contributed by atoms with E-state index in [2.05, 4.69) is 4.98 Å². The van der Waals surface area contributed by atoms with E-state index < -0.39 is 5.60 Å². The van der Waals surface area contributed by atoms with Gasteiger partial charge in [0, 0.05) is 41.4 Å². The highest BCUT2D eigenvalue weighted by Gasteiger charge is 2.36. The van der Waals surface area contributed by atoms with Gasteiger partial charge in [0.15, 0.2) is 5.78 Å². The predicted molar refractivity (Wildman–Crippen MR) is 131 cm³/mol. The number of halogens is 1. The second kappa shape index (κ2) is 9.22. The minimum Gasteiger partial charge on any atom is -0.390 e. The molecule has 2 aliphatic rings. The zero-order valence-corrected chi connectivity index (χ0v) is 19.4. The van der Waals surface area contributed by atoms with E-state index >= 15 is 0 Å². The van der Waals surface area contributed by atoms with Crippen molar-refractivity contribution in [1.29, 1.82) is 0 Å². The number of pyridine rings is 1. The lowest BCUT2D eigenvalue weighted by atomic mass is 9.73. The van der Waals surface area contributed by atoms with E-state index in [4.69, 9.17) is 4.99 Å². The zero-order valence-electron chi connectivity index (χ0n) is 19.4. The molecule has 0 spiro atoms. The summed E-state index contributed by atoms with van der Waals surface area (Å²) in [6, 6.07) is 16.5. The van der Waals surface area contributed by atoms with Gasteiger partial charge in [0.05, 0.1) is 17.9 Å². The van der Waals surface area contributed by atoms with Crippen LogP contribution in [0.5, 0.6) is 0 Å². The van der Waals surface area contributed by atoms with Gasteiger partial charge in [-0.25, -0.2) is 4.39 Å². The Morgan fingerprint density at radius 2 is 2.03 bits per heavy atom. The average Bonchev–Trinajstić information content (AvgIpc) is 3.24. The van der Waals surface area contributed by atoms with E-state index in [1.54, 1.807) is 24.4 Å². The smallest absolute Gasteiger partial charge is 0.163 e. The highest BCUT2D eigenvalue weighted by atomic mass is 19.1. The normalized spacial score (nSPS) is 21.7. The Labute approximate surface area is 199 Å². The predicted octanol–water partition coefficient (Wildman–Crippen LogP) is 5.62. The average molecular weight is 457 g/mol. The minimum atomic E-state index is -0.970. The first-order chi connectivity index (χ1) is 16.4. The summed E-state index contributed by atoms with van der Waals surface area (Å²) < 4.78 is 14.2. The number of ketones is 1. The molecule has 1 N–H and O–H groups in total. The van der Waals surface area contributed by atoms with Gasteiger partial charge in [-0.05, 0) is 67.5 Å². The van der Waals surface area contributed by atoms with Gasteiger partial charge in [-0.3, -0.25) is 14.8 Å². The molecule has 0 bridgehead atoms. The maximum atomic E-state index is 14.2. The molecule has 3 aromatic rings. The Bertz CT molecular complexity index is 1270. The van der Waals surface area contributed by atoms with E-state index in [0.29, 0.717) is 36.9 Å². The Balaban J connectivity index is 1.30. The Kier molecular flexibility index (Phi) is 6.13. The lowest BCUT2D eigenvalue weighted by molar-refractivity contribution is -0.0164. The molecule has 0 radical (unpaired) electrons. The molecule has 1 aliphatic carbocycles. The van der Waals surface area contributed by atoms with Gasteiger partial charge < -0.3 is 5.11 Å². The fourth-order valence-electron chi connectivity index (χ4n) is 5.47. The summed E-state index contributed by atoms with van der Waals surface area (Å²) in [4.78, 5) is 22.2. The second-order valence-electron chi connectivity index (χ2n) is 9.80. The number of aromatic nitrogens is 1. The highest BCUT2D eigenvalue weighted by Crippen LogP contribution is 2.37. The van der Waals surface area contributed by atoms with Gasteiger partial charge in [-0.2, -0.15) is 0 Å². The lowest BCUT2D eigenvalue weighted by Gasteiger charge is -2.37. The molecule has 0 saturated heterocycles. The van der Waals surface area contributed by atoms with Crippen LogP contribution in [0.2, 0.25) is 0 Å². The summed E-state index contributed by atoms with van der Waals surface area (Å²) in [5, 5.41) is 11.2. The van der Waals surface area contributed by atoms with Crippen LogP contribution in [0.15, 0.2) is 65.8 Å². The van der Waals surface area contributed by atoms with Crippen molar-refractivity contribution in [2.45, 2.75) is 57.6 Å². The van der Waals surface area contributed by atoms with Crippen molar-refractivity contribution in [1.82, 2.24) is 4.98 Å². The molecule has 2 aromatic carbocycles. The fourth-order valence-corrected chi connectivity index (χ4v) is 5.47. The van der Waals surface area contributed by atoms with Gasteiger partial charge in [-0.1, -0.05) is 36.8 Å². The third-order valence-corrected chi connectivity index (χ3v) is 7.14. The molecule has 1 aliphatic heterocycles. The van der Waals surface area contributed by atoms with E-state index in [0.717, 1.165) is 40.9 Å². The molecular formula is C29H29FN2O2. The topological polar surface area (TPSA) is 62.5 Å². The van der Waals surface area contributed by atoms with Crippen molar-refractivity contribution in [2.75, 3.05) is 0 Å². The Morgan fingerprint density at radius 1 is 1.18 bits per heavy atom. The third-order valence-electron chi connectivity index (χ3n) is 7.14. The monoisotopic (exact) mass is 456 g/mol. The van der Waals surface area contributed by atoms with Gasteiger partial charge in [0.2, 0.25) is 0 Å². The maximum absolute atomic E-state index is 14.2. The van der Waals surface area contributed by atoms with Crippen molar-refractivity contribution < 1.29 is 14.3 Å². The molecule has 34 heavy (non-hydrogen) atoms. The summed E-state index contributed by atoms with van der Waals surface area (Å²) >= 11 is 0. The number of aliphatic hydroxyl groups is 1. The first-order valence-corrected chi connectivity index (χ1v) is 12.0. The lowest BCUT2D eigenvalue weighted by Crippen LogP contribution is -2.38. The van der Waals surface area contributed by atoms with Crippen LogP contribution in [-0.4, -0.2) is 27.2 Å². The van der Waals surface area contributed by atoms with E-state index in [9.17, 15) is 14.3 Å². The third kappa shape index (κ3) is 4.71. The Morgan fingerprint density at radius 3 is 2.85 bits per heavy atom. The van der Waals surface area contributed by atoms with Crippen LogP contribution >= 0.6 is 0 Å². The molecule has 174 valence electrons. The summed E-state index contributed by atoms with van der Waals surface area (Å²) in [6.45, 7) is 2.57. The van der Waals surface area contributed by atoms with Crippen LogP contribution < -0.4 is 0 Å². The van der Waals surface area contributed by atoms with Gasteiger partial charge >= 0.3 is 0 Å². The molecule has 4 nitrogen and oxygen atoms in total. The number of rotatable bonds is 6. The summed E-state index contributed by atoms with van der Waals surface area (Å²) in [5.74, 6) is -0.114. The molecule has 5 rings (SSSR count). The fraction of sp³-hybridized carbons (Fsp3) is 0.345. The highest BCUT2D eigenvalue weighted by molar-refractivity contribution is 6.16. The van der Waals surface area contributed by atoms with Crippen LogP contribution in [0.4, 0.5) is 4.39 Å². The van der Waals surface area contributed by atoms with Crippen molar-refractivity contribution >= 4 is 11.5 Å². The zero-order chi connectivity index (χ0) is 23.7. The maximum Gasteiger partial charge on any atom is 0.163 e. The number of aryl methyl sites for hydroxylation is 1. The van der Waals surface area contributed by atoms with Gasteiger partial charge in [0.25, 0.3) is 0 Å². The van der Waals surface area contributed by atoms with Crippen LogP contribution in [0.25, 0.3) is 0 Å². The molecule has 1 aromatic heterocycles. The van der Waals surface area contributed by atoms with Crippen LogP contribution in [-0.2, 0) is 13.0 Å². The number of benzene rings is 2. The van der Waals surface area contributed by atoms with Crippen molar-refractivity contribution in [3.05, 3.63) is 100 Å². The molecule has 2 unspecified atom stereocenters. The first-order valence-electron chi connectivity index (χ1n) is 12.0. The minimum absolute atomic E-state index is 0.0834. The number of Topliss-reactive ketones (excluding diaryl/α,β-unsaturated/α-hetero) is 1. The molecule has 0 amide bonds. The molecule has 1 saturated carbocycles. The first kappa shape index (κ1) is 22.6. The van der Waals surface area contributed by atoms with Crippen molar-refractivity contribution in [2.24, 2.45) is 10.9 Å². The summed E-state index contributed by atoms with van der Waals surface area (Å²) in [5.41, 5.74) is 5.24. The SMILES string of the molecule is Cc1cc(C2=NCc3ccc(C(=O)CC4CCCC(O)(Cc5ccccc5F)C4)cc32)ccn1. The molecular weight excluding hydrogens is 427 g/mol. The summed E-state index contributed by atoms with van der Waals surface area (Å²) in [6.07, 6.45) is 5.35. The van der Waals surface area contributed by atoms with Crippen LogP contribution in [0, 0.1) is 18.7 Å². The van der Waals surface area contributed by atoms with Gasteiger partial charge in [-0.15, -0.1) is 0 Å². The number of hydrogen-bond donors (Lipinski definition) is 1. The van der Waals surface area contributed by atoms with Crippen molar-refractivity contribution in [3.8, 4) is 0 Å². The summed E-state index contributed by atoms with van der Waals surface area (Å²) in [7, 11) is 0. The number of carbonyl (C=O) groups excluding carboxylic acids is 1. The van der Waals surface area contributed by atoms with Gasteiger partial charge in [0.1, 0.15) is 5.82 Å². The Hall–Kier alpha value is -3.18. The van der Waals surface area contributed by atoms with E-state index in [-0.39, 0.29) is 23.9 Å². The standard InChI is InChI=1S/C29H29FN2O2/c1-19-13-22(10-12-31-19)28-25-15-21(8-9-24(25)18-32-28)27(33)14-20-5-4-11-29(34,16-20)17-23-6-2-3-7-26(23)30/h2-3,6-10,12-13,15,20,34H,4-5,11,14,16-18H2,1H3. The number of hydrogen-bond acceptors (Lipinski definition) is 4. The van der Waals surface area contributed by atoms with Crippen LogP contribution in [0.3, 0.4) is 0 Å². The molecule has 2 atom stereocenters. The molecule has 2 heterocycles. The number of fused-ring (bicyclic) bond motifs is 1.